The summed E-state index contributed by atoms with van der Waals surface area (Å²) in [5.41, 5.74) is 0. The third-order valence-corrected chi connectivity index (χ3v) is 1.94. The van der Waals surface area contributed by atoms with Crippen LogP contribution in [0.4, 0.5) is 0 Å². The number of fused-ring (bicyclic) bond motifs is 1. The number of hydrogen-bond donors (Lipinski definition) is 1. The molecule has 2 rings (SSSR count). The average Bonchev–Trinajstić information content (AvgIpc) is 2.17. The van der Waals surface area contributed by atoms with E-state index in [1.54, 1.807) is 24.5 Å². The minimum Gasteiger partial charge on any atom is -0.504 e. The summed E-state index contributed by atoms with van der Waals surface area (Å²) in [6.45, 7) is 0. The highest BCUT2D eigenvalue weighted by atomic mass is 16.5. The second-order valence-corrected chi connectivity index (χ2v) is 2.75. The van der Waals surface area contributed by atoms with E-state index in [1.165, 1.54) is 7.11 Å². The third-order valence-electron chi connectivity index (χ3n) is 1.94. The van der Waals surface area contributed by atoms with Gasteiger partial charge in [0.1, 0.15) is 0 Å². The summed E-state index contributed by atoms with van der Waals surface area (Å²) < 4.78 is 4.98. The van der Waals surface area contributed by atoms with E-state index in [1.807, 2.05) is 6.07 Å². The van der Waals surface area contributed by atoms with Gasteiger partial charge in [-0.25, -0.2) is 0 Å². The Morgan fingerprint density at radius 2 is 2.15 bits per heavy atom. The van der Waals surface area contributed by atoms with Gasteiger partial charge in [0.05, 0.1) is 7.11 Å². The predicted molar refractivity (Wildman–Crippen MR) is 50.0 cm³/mol. The van der Waals surface area contributed by atoms with Crippen molar-refractivity contribution >= 4 is 10.8 Å². The predicted octanol–water partition coefficient (Wildman–Crippen LogP) is 1.95. The van der Waals surface area contributed by atoms with Gasteiger partial charge in [-0.1, -0.05) is 0 Å². The van der Waals surface area contributed by atoms with Crippen molar-refractivity contribution in [3.63, 3.8) is 0 Å². The molecule has 2 aromatic rings. The number of rotatable bonds is 1. The Hall–Kier alpha value is -1.77. The first-order valence-corrected chi connectivity index (χ1v) is 3.92. The normalized spacial score (nSPS) is 10.2. The Labute approximate surface area is 75.6 Å². The molecule has 0 saturated carbocycles. The fourth-order valence-electron chi connectivity index (χ4n) is 1.27. The van der Waals surface area contributed by atoms with Gasteiger partial charge < -0.3 is 9.84 Å². The summed E-state index contributed by atoms with van der Waals surface area (Å²) in [6.07, 6.45) is 3.41. The second-order valence-electron chi connectivity index (χ2n) is 2.75. The van der Waals surface area contributed by atoms with Crippen LogP contribution >= 0.6 is 0 Å². The van der Waals surface area contributed by atoms with Gasteiger partial charge in [0.15, 0.2) is 11.5 Å². The minimum atomic E-state index is 0.142. The summed E-state index contributed by atoms with van der Waals surface area (Å²) in [7, 11) is 1.53. The molecule has 0 aliphatic rings. The second kappa shape index (κ2) is 2.94. The van der Waals surface area contributed by atoms with Gasteiger partial charge in [-0.15, -0.1) is 0 Å². The van der Waals surface area contributed by atoms with E-state index in [0.717, 1.165) is 10.8 Å². The average molecular weight is 175 g/mol. The molecule has 3 heteroatoms. The number of pyridine rings is 1. The molecule has 0 amide bonds. The maximum absolute atomic E-state index is 9.46. The first-order chi connectivity index (χ1) is 6.31. The Bertz CT molecular complexity index is 440. The molecule has 1 aromatic carbocycles. The summed E-state index contributed by atoms with van der Waals surface area (Å²) in [5.74, 6) is 0.627. The molecular formula is C10H9NO2. The molecule has 0 atom stereocenters. The summed E-state index contributed by atoms with van der Waals surface area (Å²) >= 11 is 0. The van der Waals surface area contributed by atoms with Crippen molar-refractivity contribution < 1.29 is 9.84 Å². The molecule has 13 heavy (non-hydrogen) atoms. The van der Waals surface area contributed by atoms with Crippen LogP contribution in [0.5, 0.6) is 11.5 Å². The van der Waals surface area contributed by atoms with Crippen molar-refractivity contribution in [1.82, 2.24) is 4.98 Å². The van der Waals surface area contributed by atoms with Crippen LogP contribution in [0, 0.1) is 0 Å². The van der Waals surface area contributed by atoms with E-state index in [4.69, 9.17) is 4.74 Å². The van der Waals surface area contributed by atoms with E-state index in [9.17, 15) is 5.11 Å². The molecule has 0 unspecified atom stereocenters. The topological polar surface area (TPSA) is 42.4 Å². The van der Waals surface area contributed by atoms with Crippen molar-refractivity contribution in [2.75, 3.05) is 7.11 Å². The molecule has 66 valence electrons. The van der Waals surface area contributed by atoms with E-state index in [2.05, 4.69) is 4.98 Å². The molecule has 1 aromatic heterocycles. The van der Waals surface area contributed by atoms with Crippen LogP contribution in [-0.2, 0) is 0 Å². The maximum atomic E-state index is 9.46. The number of phenols is 1. The maximum Gasteiger partial charge on any atom is 0.161 e. The number of hydrogen-bond acceptors (Lipinski definition) is 3. The van der Waals surface area contributed by atoms with Crippen LogP contribution in [-0.4, -0.2) is 17.2 Å². The Morgan fingerprint density at radius 3 is 2.92 bits per heavy atom. The molecule has 1 N–H and O–H groups in total. The Balaban J connectivity index is 2.74. The Kier molecular flexibility index (Phi) is 1.77. The molecule has 3 nitrogen and oxygen atoms in total. The first-order valence-electron chi connectivity index (χ1n) is 3.92. The van der Waals surface area contributed by atoms with Crippen molar-refractivity contribution in [3.05, 3.63) is 30.6 Å². The molecule has 0 saturated heterocycles. The molecule has 0 radical (unpaired) electrons. The largest absolute Gasteiger partial charge is 0.504 e. The highest BCUT2D eigenvalue weighted by molar-refractivity contribution is 5.84. The van der Waals surface area contributed by atoms with Gasteiger partial charge in [-0.3, -0.25) is 4.98 Å². The molecule has 1 heterocycles. The van der Waals surface area contributed by atoms with Crippen molar-refractivity contribution in [1.29, 1.82) is 0 Å². The van der Waals surface area contributed by atoms with Gasteiger partial charge in [-0.2, -0.15) is 0 Å². The summed E-state index contributed by atoms with van der Waals surface area (Å²) in [6, 6.07) is 5.30. The highest BCUT2D eigenvalue weighted by Crippen LogP contribution is 2.30. The molecule has 0 aliphatic heterocycles. The number of benzene rings is 1. The standard InChI is InChI=1S/C10H9NO2/c1-13-10-5-7-2-3-11-6-8(7)4-9(10)12/h2-6,12H,1H3. The number of aromatic nitrogens is 1. The molecule has 0 spiro atoms. The van der Waals surface area contributed by atoms with Crippen LogP contribution in [0.1, 0.15) is 0 Å². The zero-order chi connectivity index (χ0) is 9.26. The van der Waals surface area contributed by atoms with Gasteiger partial charge in [0.2, 0.25) is 0 Å². The first kappa shape index (κ1) is 7.86. The number of aromatic hydroxyl groups is 1. The van der Waals surface area contributed by atoms with E-state index in [0.29, 0.717) is 5.75 Å². The Morgan fingerprint density at radius 1 is 1.31 bits per heavy atom. The zero-order valence-electron chi connectivity index (χ0n) is 7.19. The fourth-order valence-corrected chi connectivity index (χ4v) is 1.27. The lowest BCUT2D eigenvalue weighted by atomic mass is 10.1. The highest BCUT2D eigenvalue weighted by Gasteiger charge is 2.02. The smallest absolute Gasteiger partial charge is 0.161 e. The lowest BCUT2D eigenvalue weighted by molar-refractivity contribution is 0.374. The van der Waals surface area contributed by atoms with E-state index in [-0.39, 0.29) is 5.75 Å². The van der Waals surface area contributed by atoms with Gasteiger partial charge in [-0.05, 0) is 23.6 Å². The summed E-state index contributed by atoms with van der Waals surface area (Å²) in [4.78, 5) is 3.96. The third kappa shape index (κ3) is 1.28. The number of ether oxygens (including phenoxy) is 1. The zero-order valence-corrected chi connectivity index (χ0v) is 7.19. The number of methoxy groups -OCH3 is 1. The lowest BCUT2D eigenvalue weighted by Gasteiger charge is -2.04. The SMILES string of the molecule is COc1cc2ccncc2cc1O. The van der Waals surface area contributed by atoms with Crippen LogP contribution in [0.3, 0.4) is 0 Å². The monoisotopic (exact) mass is 175 g/mol. The van der Waals surface area contributed by atoms with Crippen molar-refractivity contribution in [2.24, 2.45) is 0 Å². The van der Waals surface area contributed by atoms with Crippen molar-refractivity contribution in [3.8, 4) is 11.5 Å². The van der Waals surface area contributed by atoms with Gasteiger partial charge in [0, 0.05) is 17.8 Å². The number of phenolic OH excluding ortho intramolecular Hbond substituents is 1. The van der Waals surface area contributed by atoms with Crippen LogP contribution in [0.2, 0.25) is 0 Å². The fraction of sp³-hybridized carbons (Fsp3) is 0.100. The van der Waals surface area contributed by atoms with Crippen LogP contribution in [0.25, 0.3) is 10.8 Å². The van der Waals surface area contributed by atoms with Gasteiger partial charge in [0.25, 0.3) is 0 Å². The number of nitrogens with zero attached hydrogens (tertiary/aromatic N) is 1. The quantitative estimate of drug-likeness (QED) is 0.720. The molecule has 0 aliphatic carbocycles. The molecule has 0 fully saturated rings. The van der Waals surface area contributed by atoms with Crippen LogP contribution < -0.4 is 4.74 Å². The van der Waals surface area contributed by atoms with E-state index >= 15 is 0 Å². The van der Waals surface area contributed by atoms with Gasteiger partial charge >= 0.3 is 0 Å². The van der Waals surface area contributed by atoms with Crippen molar-refractivity contribution in [2.45, 2.75) is 0 Å². The van der Waals surface area contributed by atoms with E-state index < -0.39 is 0 Å². The molecular weight excluding hydrogens is 166 g/mol. The lowest BCUT2D eigenvalue weighted by Crippen LogP contribution is -1.84. The minimum absolute atomic E-state index is 0.142. The molecule has 0 bridgehead atoms. The van der Waals surface area contributed by atoms with Crippen LogP contribution in [0.15, 0.2) is 30.6 Å². The summed E-state index contributed by atoms with van der Waals surface area (Å²) in [5, 5.41) is 11.4.